The zero-order valence-corrected chi connectivity index (χ0v) is 12.9. The molecule has 0 fully saturated rings. The molecule has 0 aliphatic heterocycles. The first-order valence-electron chi connectivity index (χ1n) is 7.07. The summed E-state index contributed by atoms with van der Waals surface area (Å²) in [7, 11) is 0. The van der Waals surface area contributed by atoms with Crippen molar-refractivity contribution in [3.63, 3.8) is 0 Å². The smallest absolute Gasteiger partial charge is 0.306 e. The number of halogens is 5. The average molecular weight is 354 g/mol. The molecule has 24 heavy (non-hydrogen) atoms. The van der Waals surface area contributed by atoms with Crippen molar-refractivity contribution < 1.29 is 41.0 Å². The van der Waals surface area contributed by atoms with E-state index in [0.29, 0.717) is 6.42 Å². The number of esters is 2. The number of benzene rings is 1. The van der Waals surface area contributed by atoms with Crippen molar-refractivity contribution >= 4 is 11.9 Å². The largest absolute Gasteiger partial charge is 0.466 e. The van der Waals surface area contributed by atoms with Crippen molar-refractivity contribution in [2.45, 2.75) is 39.2 Å². The molecular formula is C15H15F5O4. The van der Waals surface area contributed by atoms with E-state index in [1.807, 2.05) is 0 Å². The predicted molar refractivity (Wildman–Crippen MR) is 71.2 cm³/mol. The summed E-state index contributed by atoms with van der Waals surface area (Å²) in [5.74, 6) is -12.4. The van der Waals surface area contributed by atoms with Gasteiger partial charge in [0, 0.05) is 0 Å². The van der Waals surface area contributed by atoms with Crippen molar-refractivity contribution in [1.82, 2.24) is 0 Å². The summed E-state index contributed by atoms with van der Waals surface area (Å²) < 4.78 is 75.6. The third kappa shape index (κ3) is 4.65. The lowest BCUT2D eigenvalue weighted by Crippen LogP contribution is -2.16. The molecule has 134 valence electrons. The molecule has 0 radical (unpaired) electrons. The number of carbonyl (C=O) groups is 2. The molecule has 0 aliphatic rings. The second-order valence-corrected chi connectivity index (χ2v) is 4.84. The molecule has 1 aromatic carbocycles. The molecule has 0 saturated carbocycles. The fourth-order valence-electron chi connectivity index (χ4n) is 1.79. The third-order valence-electron chi connectivity index (χ3n) is 2.96. The summed E-state index contributed by atoms with van der Waals surface area (Å²) in [6, 6.07) is 0. The second kappa shape index (κ2) is 8.60. The van der Waals surface area contributed by atoms with Gasteiger partial charge in [0.05, 0.1) is 25.0 Å². The molecule has 0 heterocycles. The fourth-order valence-corrected chi connectivity index (χ4v) is 1.79. The van der Waals surface area contributed by atoms with Gasteiger partial charge in [0.2, 0.25) is 5.82 Å². The van der Waals surface area contributed by atoms with Gasteiger partial charge in [-0.05, 0) is 13.3 Å². The Bertz CT molecular complexity index is 604. The van der Waals surface area contributed by atoms with E-state index in [0.717, 1.165) is 6.92 Å². The first-order valence-corrected chi connectivity index (χ1v) is 7.07. The van der Waals surface area contributed by atoms with Gasteiger partial charge in [-0.2, -0.15) is 0 Å². The van der Waals surface area contributed by atoms with E-state index in [-0.39, 0.29) is 13.0 Å². The van der Waals surface area contributed by atoms with Crippen LogP contribution < -0.4 is 0 Å². The van der Waals surface area contributed by atoms with Crippen LogP contribution in [0.2, 0.25) is 0 Å². The Morgan fingerprint density at radius 1 is 0.875 bits per heavy atom. The van der Waals surface area contributed by atoms with Crippen LogP contribution in [0.15, 0.2) is 0 Å². The van der Waals surface area contributed by atoms with E-state index >= 15 is 0 Å². The summed E-state index contributed by atoms with van der Waals surface area (Å²) in [6.07, 6.45) is -1.92. The van der Waals surface area contributed by atoms with Gasteiger partial charge < -0.3 is 9.47 Å². The molecule has 0 saturated heterocycles. The summed E-state index contributed by atoms with van der Waals surface area (Å²) in [4.78, 5) is 22.7. The highest BCUT2D eigenvalue weighted by Crippen LogP contribution is 2.29. The van der Waals surface area contributed by atoms with E-state index in [1.165, 1.54) is 0 Å². The minimum Gasteiger partial charge on any atom is -0.466 e. The van der Waals surface area contributed by atoms with Crippen LogP contribution in [0.5, 0.6) is 0 Å². The molecular weight excluding hydrogens is 339 g/mol. The maximum Gasteiger partial charge on any atom is 0.306 e. The molecule has 1 unspecified atom stereocenters. The highest BCUT2D eigenvalue weighted by Gasteiger charge is 2.30. The SMILES string of the molecule is CCCOC(=O)CCC(=O)OC(C)c1c(F)c(F)c(F)c(F)c1F. The van der Waals surface area contributed by atoms with Gasteiger partial charge >= 0.3 is 11.9 Å². The first-order chi connectivity index (χ1) is 11.2. The van der Waals surface area contributed by atoms with Crippen LogP contribution in [0, 0.1) is 29.1 Å². The molecule has 0 spiro atoms. The Morgan fingerprint density at radius 2 is 1.33 bits per heavy atom. The van der Waals surface area contributed by atoms with Crippen molar-refractivity contribution in [3.05, 3.63) is 34.6 Å². The maximum absolute atomic E-state index is 13.6. The summed E-state index contributed by atoms with van der Waals surface area (Å²) >= 11 is 0. The lowest BCUT2D eigenvalue weighted by atomic mass is 10.1. The lowest BCUT2D eigenvalue weighted by Gasteiger charge is -2.16. The van der Waals surface area contributed by atoms with E-state index in [2.05, 4.69) is 4.74 Å². The van der Waals surface area contributed by atoms with Crippen LogP contribution >= 0.6 is 0 Å². The lowest BCUT2D eigenvalue weighted by molar-refractivity contribution is -0.153. The Kier molecular flexibility index (Phi) is 7.12. The topological polar surface area (TPSA) is 52.6 Å². The van der Waals surface area contributed by atoms with E-state index in [4.69, 9.17) is 4.74 Å². The molecule has 0 N–H and O–H groups in total. The Hall–Kier alpha value is -2.19. The highest BCUT2D eigenvalue weighted by atomic mass is 19.2. The normalized spacial score (nSPS) is 12.0. The second-order valence-electron chi connectivity index (χ2n) is 4.84. The quantitative estimate of drug-likeness (QED) is 0.324. The number of ether oxygens (including phenoxy) is 2. The van der Waals surface area contributed by atoms with Crippen LogP contribution in [-0.2, 0) is 19.1 Å². The van der Waals surface area contributed by atoms with Crippen molar-refractivity contribution in [3.8, 4) is 0 Å². The van der Waals surface area contributed by atoms with Gasteiger partial charge in [0.15, 0.2) is 23.3 Å². The van der Waals surface area contributed by atoms with Gasteiger partial charge in [-0.3, -0.25) is 9.59 Å². The molecule has 0 aromatic heterocycles. The summed E-state index contributed by atoms with van der Waals surface area (Å²) in [5, 5.41) is 0. The number of carbonyl (C=O) groups excluding carboxylic acids is 2. The number of rotatable bonds is 7. The predicted octanol–water partition coefficient (Wildman–Crippen LogP) is 3.72. The van der Waals surface area contributed by atoms with E-state index < -0.39 is 59.1 Å². The monoisotopic (exact) mass is 354 g/mol. The Labute approximate surface area is 134 Å². The first kappa shape index (κ1) is 19.9. The molecule has 9 heteroatoms. The minimum atomic E-state index is -2.30. The maximum atomic E-state index is 13.6. The number of hydrogen-bond donors (Lipinski definition) is 0. The Balaban J connectivity index is 2.77. The minimum absolute atomic E-state index is 0.175. The van der Waals surface area contributed by atoms with Crippen LogP contribution in [-0.4, -0.2) is 18.5 Å². The van der Waals surface area contributed by atoms with Crippen molar-refractivity contribution in [1.29, 1.82) is 0 Å². The number of hydrogen-bond acceptors (Lipinski definition) is 4. The van der Waals surface area contributed by atoms with Crippen molar-refractivity contribution in [2.24, 2.45) is 0 Å². The van der Waals surface area contributed by atoms with Crippen molar-refractivity contribution in [2.75, 3.05) is 6.61 Å². The molecule has 4 nitrogen and oxygen atoms in total. The van der Waals surface area contributed by atoms with Gasteiger partial charge in [-0.15, -0.1) is 0 Å². The zero-order chi connectivity index (χ0) is 18.4. The highest BCUT2D eigenvalue weighted by molar-refractivity contribution is 5.77. The summed E-state index contributed by atoms with van der Waals surface area (Å²) in [6.45, 7) is 2.90. The van der Waals surface area contributed by atoms with Gasteiger partial charge in [0.25, 0.3) is 0 Å². The van der Waals surface area contributed by atoms with E-state index in [1.54, 1.807) is 6.92 Å². The van der Waals surface area contributed by atoms with Crippen LogP contribution in [0.3, 0.4) is 0 Å². The van der Waals surface area contributed by atoms with Crippen LogP contribution in [0.1, 0.15) is 44.8 Å². The molecule has 1 atom stereocenters. The molecule has 1 aromatic rings. The van der Waals surface area contributed by atoms with Gasteiger partial charge in [0.1, 0.15) is 6.10 Å². The van der Waals surface area contributed by atoms with Crippen LogP contribution in [0.25, 0.3) is 0 Å². The van der Waals surface area contributed by atoms with Gasteiger partial charge in [-0.1, -0.05) is 6.92 Å². The molecule has 0 aliphatic carbocycles. The van der Waals surface area contributed by atoms with E-state index in [9.17, 15) is 31.5 Å². The summed E-state index contributed by atoms with van der Waals surface area (Å²) in [5.41, 5.74) is -1.26. The van der Waals surface area contributed by atoms with Gasteiger partial charge in [-0.25, -0.2) is 22.0 Å². The standard InChI is InChI=1S/C15H15F5O4/c1-3-6-23-8(21)4-5-9(22)24-7(2)10-11(16)13(18)15(20)14(19)12(10)17/h7H,3-6H2,1-2H3. The third-order valence-corrected chi connectivity index (χ3v) is 2.96. The van der Waals surface area contributed by atoms with Crippen LogP contribution in [0.4, 0.5) is 22.0 Å². The fraction of sp³-hybridized carbons (Fsp3) is 0.467. The molecule has 1 rings (SSSR count). The zero-order valence-electron chi connectivity index (χ0n) is 12.9. The molecule has 0 bridgehead atoms. The molecule has 0 amide bonds. The average Bonchev–Trinajstić information content (AvgIpc) is 2.54. The Morgan fingerprint density at radius 3 is 1.83 bits per heavy atom.